The first kappa shape index (κ1) is 21.7. The molecular formula is C30H22N4O2. The summed E-state index contributed by atoms with van der Waals surface area (Å²) in [5.74, 6) is -0.306. The van der Waals surface area contributed by atoms with Crippen LogP contribution >= 0.6 is 0 Å². The van der Waals surface area contributed by atoms with Crippen molar-refractivity contribution in [2.45, 2.75) is 13.5 Å². The Morgan fingerprint density at radius 2 is 1.86 bits per heavy atom. The number of rotatable bonds is 4. The van der Waals surface area contributed by atoms with Gasteiger partial charge < -0.3 is 5.32 Å². The molecule has 5 aromatic rings. The molecule has 0 atom stereocenters. The van der Waals surface area contributed by atoms with Gasteiger partial charge in [0.05, 0.1) is 23.3 Å². The number of nitrogens with one attached hydrogen (secondary N) is 1. The Hall–Kier alpha value is -4.84. The molecule has 3 heterocycles. The van der Waals surface area contributed by atoms with Crippen LogP contribution in [0.1, 0.15) is 16.7 Å². The fourth-order valence-electron chi connectivity index (χ4n) is 4.70. The molecule has 0 aliphatic carbocycles. The van der Waals surface area contributed by atoms with Crippen molar-refractivity contribution in [3.8, 4) is 16.8 Å². The average molecular weight is 471 g/mol. The number of hydrogen-bond acceptors (Lipinski definition) is 4. The van der Waals surface area contributed by atoms with E-state index in [1.807, 2.05) is 37.4 Å². The number of fused-ring (bicyclic) bond motifs is 4. The zero-order valence-electron chi connectivity index (χ0n) is 19.7. The highest BCUT2D eigenvalue weighted by atomic mass is 16.1. The molecule has 6 nitrogen and oxygen atoms in total. The predicted molar refractivity (Wildman–Crippen MR) is 145 cm³/mol. The summed E-state index contributed by atoms with van der Waals surface area (Å²) in [7, 11) is 0. The van der Waals surface area contributed by atoms with Gasteiger partial charge >= 0.3 is 0 Å². The molecule has 0 fully saturated rings. The van der Waals surface area contributed by atoms with Gasteiger partial charge in [0.15, 0.2) is 0 Å². The molecule has 6 heteroatoms. The van der Waals surface area contributed by atoms with Crippen LogP contribution < -0.4 is 10.9 Å². The van der Waals surface area contributed by atoms with Crippen molar-refractivity contribution in [2.75, 3.05) is 5.32 Å². The summed E-state index contributed by atoms with van der Waals surface area (Å²) in [5.41, 5.74) is 8.02. The molecule has 0 saturated carbocycles. The number of pyridine rings is 2. The van der Waals surface area contributed by atoms with Crippen molar-refractivity contribution in [3.63, 3.8) is 0 Å². The Bertz CT molecular complexity index is 1810. The Morgan fingerprint density at radius 3 is 2.72 bits per heavy atom. The van der Waals surface area contributed by atoms with Crippen LogP contribution in [0.15, 0.2) is 95.4 Å². The molecule has 0 radical (unpaired) electrons. The van der Waals surface area contributed by atoms with E-state index in [2.05, 4.69) is 52.2 Å². The quantitative estimate of drug-likeness (QED) is 0.276. The van der Waals surface area contributed by atoms with Gasteiger partial charge in [-0.2, -0.15) is 0 Å². The number of aromatic nitrogens is 2. The summed E-state index contributed by atoms with van der Waals surface area (Å²) in [6, 6.07) is 21.4. The normalized spacial score (nSPS) is 12.1. The lowest BCUT2D eigenvalue weighted by atomic mass is 9.98. The highest BCUT2D eigenvalue weighted by molar-refractivity contribution is 6.06. The minimum Gasteiger partial charge on any atom is -0.322 e. The second-order valence-electron chi connectivity index (χ2n) is 8.88. The predicted octanol–water partition coefficient (Wildman–Crippen LogP) is 5.57. The molecule has 1 amide bonds. The molecule has 0 saturated heterocycles. The highest BCUT2D eigenvalue weighted by Crippen LogP contribution is 2.31. The zero-order chi connectivity index (χ0) is 24.8. The first-order valence-corrected chi connectivity index (χ1v) is 11.6. The summed E-state index contributed by atoms with van der Waals surface area (Å²) in [5, 5.41) is 4.54. The maximum Gasteiger partial charge on any atom is 0.255 e. The lowest BCUT2D eigenvalue weighted by Crippen LogP contribution is -2.18. The zero-order valence-corrected chi connectivity index (χ0v) is 19.7. The van der Waals surface area contributed by atoms with Crippen LogP contribution in [0.3, 0.4) is 0 Å². The smallest absolute Gasteiger partial charge is 0.255 e. The van der Waals surface area contributed by atoms with Gasteiger partial charge in [0.2, 0.25) is 5.91 Å². The van der Waals surface area contributed by atoms with Gasteiger partial charge in [-0.15, -0.1) is 0 Å². The molecule has 6 rings (SSSR count). The summed E-state index contributed by atoms with van der Waals surface area (Å²) in [6.07, 6.45) is 4.92. The summed E-state index contributed by atoms with van der Waals surface area (Å²) < 4.78 is 1.68. The molecule has 1 aliphatic heterocycles. The topological polar surface area (TPSA) is 76.3 Å². The lowest BCUT2D eigenvalue weighted by molar-refractivity contribution is -0.111. The molecule has 0 spiro atoms. The van der Waals surface area contributed by atoms with Crippen LogP contribution in [0.5, 0.6) is 0 Å². The molecule has 3 aromatic carbocycles. The molecule has 0 unspecified atom stereocenters. The van der Waals surface area contributed by atoms with E-state index < -0.39 is 0 Å². The SMILES string of the molecule is C=CC(=O)Nc1cc(-n2c(=O)ccc3cnc4ccc(-c5ccc6c(c5)C=NC6)cc4c32)ccc1C. The molecule has 36 heavy (non-hydrogen) atoms. The third kappa shape index (κ3) is 3.60. The van der Waals surface area contributed by atoms with Crippen molar-refractivity contribution in [1.82, 2.24) is 9.55 Å². The van der Waals surface area contributed by atoms with Crippen LogP contribution in [0, 0.1) is 6.92 Å². The van der Waals surface area contributed by atoms with Gasteiger partial charge in [-0.3, -0.25) is 24.1 Å². The second-order valence-corrected chi connectivity index (χ2v) is 8.88. The van der Waals surface area contributed by atoms with Crippen LogP contribution in [0.25, 0.3) is 38.6 Å². The summed E-state index contributed by atoms with van der Waals surface area (Å²) in [6.45, 7) is 6.15. The van der Waals surface area contributed by atoms with Crippen LogP contribution in [0.2, 0.25) is 0 Å². The monoisotopic (exact) mass is 470 g/mol. The van der Waals surface area contributed by atoms with Crippen molar-refractivity contribution in [2.24, 2.45) is 4.99 Å². The maximum atomic E-state index is 13.3. The van der Waals surface area contributed by atoms with E-state index in [-0.39, 0.29) is 11.5 Å². The molecule has 1 aliphatic rings. The van der Waals surface area contributed by atoms with Crippen LogP contribution in [-0.2, 0) is 11.3 Å². The minimum atomic E-state index is -0.306. The third-order valence-electron chi connectivity index (χ3n) is 6.61. The number of carbonyl (C=O) groups is 1. The number of aryl methyl sites for hydroxylation is 1. The average Bonchev–Trinajstić information content (AvgIpc) is 3.37. The number of nitrogens with zero attached hydrogens (tertiary/aromatic N) is 3. The number of carbonyl (C=O) groups excluding carboxylic acids is 1. The summed E-state index contributed by atoms with van der Waals surface area (Å²) in [4.78, 5) is 34.2. The Morgan fingerprint density at radius 1 is 1.03 bits per heavy atom. The third-order valence-corrected chi connectivity index (χ3v) is 6.61. The lowest BCUT2D eigenvalue weighted by Gasteiger charge is -2.15. The Kier molecular flexibility index (Phi) is 5.08. The van der Waals surface area contributed by atoms with Crippen LogP contribution in [-0.4, -0.2) is 21.7 Å². The molecule has 2 aromatic heterocycles. The fourth-order valence-corrected chi connectivity index (χ4v) is 4.70. The second kappa shape index (κ2) is 8.43. The van der Waals surface area contributed by atoms with E-state index in [1.165, 1.54) is 11.6 Å². The number of anilines is 1. The van der Waals surface area contributed by atoms with E-state index in [0.717, 1.165) is 50.6 Å². The first-order valence-electron chi connectivity index (χ1n) is 11.6. The van der Waals surface area contributed by atoms with Gasteiger partial charge in [-0.05, 0) is 77.2 Å². The molecule has 174 valence electrons. The fraction of sp³-hybridized carbons (Fsp3) is 0.0667. The number of hydrogen-bond donors (Lipinski definition) is 1. The molecular weight excluding hydrogens is 448 g/mol. The largest absolute Gasteiger partial charge is 0.322 e. The van der Waals surface area contributed by atoms with Crippen molar-refractivity contribution >= 4 is 39.6 Å². The van der Waals surface area contributed by atoms with Gasteiger partial charge in [-0.25, -0.2) is 0 Å². The number of amides is 1. The van der Waals surface area contributed by atoms with Gasteiger partial charge in [0, 0.05) is 34.9 Å². The van der Waals surface area contributed by atoms with Gasteiger partial charge in [0.1, 0.15) is 0 Å². The Labute approximate surface area is 207 Å². The minimum absolute atomic E-state index is 0.168. The Balaban J connectivity index is 1.60. The van der Waals surface area contributed by atoms with E-state index in [4.69, 9.17) is 0 Å². The highest BCUT2D eigenvalue weighted by Gasteiger charge is 2.14. The van der Waals surface area contributed by atoms with Gasteiger partial charge in [-0.1, -0.05) is 30.8 Å². The molecule has 1 N–H and O–H groups in total. The van der Waals surface area contributed by atoms with E-state index in [9.17, 15) is 9.59 Å². The number of benzene rings is 3. The standard InChI is InChI=1S/C30H22N4O2/c1-3-28(35)33-27-14-24(9-4-18(27)2)34-29(36)11-8-22-17-32-26-10-7-20(13-25(26)30(22)34)19-5-6-21-15-31-16-23(21)12-19/h3-14,16-17H,1,15H2,2H3,(H,33,35). The van der Waals surface area contributed by atoms with E-state index >= 15 is 0 Å². The van der Waals surface area contributed by atoms with Crippen LogP contribution in [0.4, 0.5) is 5.69 Å². The van der Waals surface area contributed by atoms with E-state index in [1.54, 1.807) is 22.9 Å². The van der Waals surface area contributed by atoms with Crippen molar-refractivity contribution in [1.29, 1.82) is 0 Å². The molecule has 0 bridgehead atoms. The first-order chi connectivity index (χ1) is 17.5. The van der Waals surface area contributed by atoms with Crippen molar-refractivity contribution < 1.29 is 4.79 Å². The van der Waals surface area contributed by atoms with Crippen molar-refractivity contribution in [3.05, 3.63) is 113 Å². The van der Waals surface area contributed by atoms with E-state index in [0.29, 0.717) is 11.4 Å². The number of aliphatic imine (C=N–C) groups is 1. The van der Waals surface area contributed by atoms with Gasteiger partial charge in [0.25, 0.3) is 5.56 Å². The maximum absolute atomic E-state index is 13.3. The summed E-state index contributed by atoms with van der Waals surface area (Å²) >= 11 is 0.